The number of carboxylic acids is 1. The van der Waals surface area contributed by atoms with E-state index in [1.165, 1.54) is 18.2 Å². The van der Waals surface area contributed by atoms with Gasteiger partial charge in [0.1, 0.15) is 17.5 Å². The molecule has 0 saturated carbocycles. The van der Waals surface area contributed by atoms with E-state index in [0.29, 0.717) is 41.9 Å². The molecule has 0 bridgehead atoms. The lowest BCUT2D eigenvalue weighted by Gasteiger charge is -2.27. The van der Waals surface area contributed by atoms with E-state index < -0.39 is 27.9 Å². The fourth-order valence-electron chi connectivity index (χ4n) is 5.59. The minimum absolute atomic E-state index is 0.00158. The van der Waals surface area contributed by atoms with E-state index in [-0.39, 0.29) is 23.1 Å². The number of carbonyl (C=O) groups excluding carboxylic acids is 1. The van der Waals surface area contributed by atoms with Crippen molar-refractivity contribution < 1.29 is 37.3 Å². The Kier molecular flexibility index (Phi) is 10.1. The summed E-state index contributed by atoms with van der Waals surface area (Å²) in [5.74, 6) is -1.42. The number of rotatable bonds is 13. The lowest BCUT2D eigenvalue weighted by molar-refractivity contribution is -0.139. The van der Waals surface area contributed by atoms with Crippen LogP contribution in [0.5, 0.6) is 0 Å². The molecule has 11 heteroatoms. The van der Waals surface area contributed by atoms with Gasteiger partial charge in [-0.3, -0.25) is 4.79 Å². The minimum atomic E-state index is -4.18. The predicted octanol–water partition coefficient (Wildman–Crippen LogP) is 5.04. The number of fused-ring (bicyclic) bond motifs is 1. The normalized spacial score (nSPS) is 15.8. The molecule has 5 rings (SSSR count). The van der Waals surface area contributed by atoms with Crippen LogP contribution in [0.1, 0.15) is 35.0 Å². The first-order valence-electron chi connectivity index (χ1n) is 14.8. The lowest BCUT2D eigenvalue weighted by Crippen LogP contribution is -2.43. The smallest absolute Gasteiger partial charge is 0.326 e. The molecule has 1 aliphatic carbocycles. The number of hydrogen-bond acceptors (Lipinski definition) is 7. The molecule has 1 aliphatic rings. The van der Waals surface area contributed by atoms with Gasteiger partial charge in [-0.05, 0) is 54.0 Å². The third kappa shape index (κ3) is 6.76. The topological polar surface area (TPSA) is 133 Å². The van der Waals surface area contributed by atoms with Gasteiger partial charge in [0.2, 0.25) is 0 Å². The molecule has 1 amide bonds. The second-order valence-electron chi connectivity index (χ2n) is 10.8. The standard InChI is InChI=1S/C35H36N2O8S/c1-4-45-22-24-19-31(43-2)33(32(20-24)44-3)25-16-14-23(15-17-25)18-28(35(39)40)36-34(38)30-21-26-10-8-9-13-29(26)37(30)46(41,42)27-11-6-5-7-12-27/h5-17,19,21,28,32H,4,18,20,22H2,1-3H3,(H,36,38)(H,39,40)/t28-,32?/m0/s1. The molecule has 46 heavy (non-hydrogen) atoms. The Labute approximate surface area is 268 Å². The van der Waals surface area contributed by atoms with Crippen LogP contribution in [0, 0.1) is 0 Å². The summed E-state index contributed by atoms with van der Waals surface area (Å²) >= 11 is 0. The monoisotopic (exact) mass is 644 g/mol. The summed E-state index contributed by atoms with van der Waals surface area (Å²) in [4.78, 5) is 25.9. The number of allylic oxidation sites excluding steroid dienone is 1. The number of carboxylic acid groups (broad SMARTS) is 1. The summed E-state index contributed by atoms with van der Waals surface area (Å²) < 4.78 is 45.4. The average Bonchev–Trinajstić information content (AvgIpc) is 3.48. The Bertz CT molecular complexity index is 1890. The van der Waals surface area contributed by atoms with Crippen molar-refractivity contribution in [2.45, 2.75) is 36.8 Å². The van der Waals surface area contributed by atoms with Crippen molar-refractivity contribution in [3.05, 3.63) is 119 Å². The minimum Gasteiger partial charge on any atom is -0.496 e. The highest BCUT2D eigenvalue weighted by atomic mass is 32.2. The number of amides is 1. The second-order valence-corrected chi connectivity index (χ2v) is 12.6. The third-order valence-electron chi connectivity index (χ3n) is 7.86. The fourth-order valence-corrected chi connectivity index (χ4v) is 7.12. The van der Waals surface area contributed by atoms with Crippen LogP contribution < -0.4 is 5.32 Å². The SMILES string of the molecule is CCOCC1=CC(OC)=C(c2ccc(C[C@H](NC(=O)c3cc4ccccc4n3S(=O)(=O)c3ccccc3)C(=O)O)cc2)C(OC)C1. The van der Waals surface area contributed by atoms with Gasteiger partial charge in [-0.25, -0.2) is 17.2 Å². The van der Waals surface area contributed by atoms with Gasteiger partial charge in [-0.2, -0.15) is 0 Å². The van der Waals surface area contributed by atoms with Crippen molar-refractivity contribution in [1.29, 1.82) is 0 Å². The van der Waals surface area contributed by atoms with E-state index in [2.05, 4.69) is 5.32 Å². The van der Waals surface area contributed by atoms with E-state index in [0.717, 1.165) is 20.7 Å². The van der Waals surface area contributed by atoms with Gasteiger partial charge in [0.25, 0.3) is 15.9 Å². The second kappa shape index (κ2) is 14.2. The zero-order valence-electron chi connectivity index (χ0n) is 25.8. The summed E-state index contributed by atoms with van der Waals surface area (Å²) in [7, 11) is -0.940. The number of aliphatic carboxylic acids is 1. The molecule has 2 atom stereocenters. The van der Waals surface area contributed by atoms with Crippen LogP contribution >= 0.6 is 0 Å². The zero-order valence-corrected chi connectivity index (χ0v) is 26.6. The molecule has 1 heterocycles. The van der Waals surface area contributed by atoms with Gasteiger partial charge in [0.05, 0.1) is 30.2 Å². The van der Waals surface area contributed by atoms with Crippen molar-refractivity contribution in [3.8, 4) is 0 Å². The first-order chi connectivity index (χ1) is 22.2. The van der Waals surface area contributed by atoms with Crippen LogP contribution in [-0.4, -0.2) is 69.0 Å². The van der Waals surface area contributed by atoms with Crippen molar-refractivity contribution in [2.24, 2.45) is 0 Å². The molecule has 4 aromatic rings. The molecule has 0 fully saturated rings. The number of benzene rings is 3. The predicted molar refractivity (Wildman–Crippen MR) is 174 cm³/mol. The molecule has 0 aliphatic heterocycles. The van der Waals surface area contributed by atoms with E-state index >= 15 is 0 Å². The molecule has 240 valence electrons. The summed E-state index contributed by atoms with van der Waals surface area (Å²) in [6.07, 6.45) is 2.31. The molecular weight excluding hydrogens is 608 g/mol. The van der Waals surface area contributed by atoms with Gasteiger partial charge in [-0.15, -0.1) is 0 Å². The number of nitrogens with one attached hydrogen (secondary N) is 1. The quantitative estimate of drug-likeness (QED) is 0.207. The first-order valence-corrected chi connectivity index (χ1v) is 16.2. The van der Waals surface area contributed by atoms with Crippen LogP contribution in [0.3, 0.4) is 0 Å². The average molecular weight is 645 g/mol. The first kappa shape index (κ1) is 32.7. The number of aromatic nitrogens is 1. The summed E-state index contributed by atoms with van der Waals surface area (Å²) in [6, 6.07) is 21.9. The van der Waals surface area contributed by atoms with Crippen LogP contribution in [0.25, 0.3) is 16.5 Å². The summed E-state index contributed by atoms with van der Waals surface area (Å²) in [5.41, 5.74) is 3.55. The number of para-hydroxylation sites is 1. The molecule has 1 unspecified atom stereocenters. The molecule has 10 nitrogen and oxygen atoms in total. The maximum atomic E-state index is 13.7. The fraction of sp³-hybridized carbons (Fsp3) is 0.257. The third-order valence-corrected chi connectivity index (χ3v) is 9.60. The highest BCUT2D eigenvalue weighted by Gasteiger charge is 2.30. The zero-order chi connectivity index (χ0) is 32.8. The highest BCUT2D eigenvalue weighted by Crippen LogP contribution is 2.34. The summed E-state index contributed by atoms with van der Waals surface area (Å²) in [6.45, 7) is 3.02. The van der Waals surface area contributed by atoms with Crippen molar-refractivity contribution in [3.63, 3.8) is 0 Å². The van der Waals surface area contributed by atoms with E-state index in [1.54, 1.807) is 68.8 Å². The Morgan fingerprint density at radius 3 is 2.35 bits per heavy atom. The van der Waals surface area contributed by atoms with Crippen LogP contribution in [-0.2, 0) is 35.4 Å². The maximum Gasteiger partial charge on any atom is 0.326 e. The molecule has 3 aromatic carbocycles. The van der Waals surface area contributed by atoms with Crippen LogP contribution in [0.15, 0.2) is 107 Å². The number of carbonyl (C=O) groups is 2. The molecule has 1 aromatic heterocycles. The molecule has 0 saturated heterocycles. The molecule has 0 spiro atoms. The number of nitrogens with zero attached hydrogens (tertiary/aromatic N) is 1. The highest BCUT2D eigenvalue weighted by molar-refractivity contribution is 7.90. The summed E-state index contributed by atoms with van der Waals surface area (Å²) in [5, 5.41) is 13.1. The van der Waals surface area contributed by atoms with Crippen molar-refractivity contribution >= 4 is 38.4 Å². The van der Waals surface area contributed by atoms with Crippen LogP contribution in [0.4, 0.5) is 0 Å². The van der Waals surface area contributed by atoms with Crippen molar-refractivity contribution in [2.75, 3.05) is 27.4 Å². The van der Waals surface area contributed by atoms with E-state index in [4.69, 9.17) is 14.2 Å². The Morgan fingerprint density at radius 2 is 1.70 bits per heavy atom. The number of ether oxygens (including phenoxy) is 3. The van der Waals surface area contributed by atoms with Gasteiger partial charge in [0.15, 0.2) is 0 Å². The van der Waals surface area contributed by atoms with Gasteiger partial charge in [-0.1, -0.05) is 60.7 Å². The van der Waals surface area contributed by atoms with E-state index in [1.807, 2.05) is 25.1 Å². The van der Waals surface area contributed by atoms with Gasteiger partial charge >= 0.3 is 5.97 Å². The molecule has 0 radical (unpaired) electrons. The largest absolute Gasteiger partial charge is 0.496 e. The maximum absolute atomic E-state index is 13.7. The Morgan fingerprint density at radius 1 is 1.00 bits per heavy atom. The van der Waals surface area contributed by atoms with Gasteiger partial charge in [0, 0.05) is 37.5 Å². The Hall–Kier alpha value is -4.71. The lowest BCUT2D eigenvalue weighted by atomic mass is 9.88. The number of methoxy groups -OCH3 is 2. The Balaban J connectivity index is 1.41. The van der Waals surface area contributed by atoms with Crippen molar-refractivity contribution in [1.82, 2.24) is 9.29 Å². The van der Waals surface area contributed by atoms with Crippen LogP contribution in [0.2, 0.25) is 0 Å². The van der Waals surface area contributed by atoms with Gasteiger partial charge < -0.3 is 24.6 Å². The number of hydrogen-bond donors (Lipinski definition) is 2. The molecular formula is C35H36N2O8S. The molecule has 2 N–H and O–H groups in total. The van der Waals surface area contributed by atoms with E-state index in [9.17, 15) is 23.1 Å².